The van der Waals surface area contributed by atoms with Crippen molar-refractivity contribution in [3.8, 4) is 6.07 Å². The van der Waals surface area contributed by atoms with Crippen LogP contribution < -0.4 is 5.32 Å². The van der Waals surface area contributed by atoms with Crippen LogP contribution >= 0.6 is 11.6 Å². The van der Waals surface area contributed by atoms with Crippen LogP contribution in [0.4, 0.5) is 5.69 Å². The number of hydrogen-bond acceptors (Lipinski definition) is 3. The van der Waals surface area contributed by atoms with E-state index in [0.29, 0.717) is 24.0 Å². The normalized spacial score (nSPS) is 15.2. The number of benzene rings is 2. The minimum Gasteiger partial charge on any atom is -0.360 e. The zero-order valence-electron chi connectivity index (χ0n) is 16.0. The number of anilines is 1. The smallest absolute Gasteiger partial charge is 0.266 e. The zero-order chi connectivity index (χ0) is 19.9. The molecule has 0 saturated carbocycles. The maximum atomic E-state index is 12.7. The van der Waals surface area contributed by atoms with Gasteiger partial charge in [-0.2, -0.15) is 5.26 Å². The molecule has 0 atom stereocenters. The third-order valence-corrected chi connectivity index (χ3v) is 5.58. The lowest BCUT2D eigenvalue weighted by Crippen LogP contribution is -2.39. The summed E-state index contributed by atoms with van der Waals surface area (Å²) in [6.45, 7) is 3.30. The Morgan fingerprint density at radius 2 is 1.96 bits per heavy atom. The molecule has 0 aromatic heterocycles. The van der Waals surface area contributed by atoms with Crippen LogP contribution in [0.15, 0.2) is 60.3 Å². The molecule has 0 aliphatic carbocycles. The molecule has 4 nitrogen and oxygen atoms in total. The first kappa shape index (κ1) is 20.0. The van der Waals surface area contributed by atoms with Gasteiger partial charge in [-0.15, -0.1) is 0 Å². The van der Waals surface area contributed by atoms with Crippen molar-refractivity contribution in [2.24, 2.45) is 5.92 Å². The van der Waals surface area contributed by atoms with E-state index < -0.39 is 0 Å². The van der Waals surface area contributed by atoms with Crippen LogP contribution in [0.3, 0.4) is 0 Å². The van der Waals surface area contributed by atoms with Gasteiger partial charge in [0.2, 0.25) is 0 Å². The standard InChI is InChI=1S/C23H24ClN3O/c1-17-7-8-21(14-22(17)24)26-16-20(15-25)23(28)27-11-9-19(10-12-27)13-18-5-3-2-4-6-18/h2-8,14,16,19,26H,9-13H2,1H3/b20-16-. The highest BCUT2D eigenvalue weighted by Crippen LogP contribution is 2.23. The lowest BCUT2D eigenvalue weighted by atomic mass is 9.90. The number of likely N-dealkylation sites (tertiary alicyclic amines) is 1. The molecule has 144 valence electrons. The second-order valence-corrected chi connectivity index (χ2v) is 7.61. The van der Waals surface area contributed by atoms with Crippen molar-refractivity contribution in [1.82, 2.24) is 4.90 Å². The molecule has 3 rings (SSSR count). The van der Waals surface area contributed by atoms with Gasteiger partial charge in [-0.05, 0) is 55.4 Å². The topological polar surface area (TPSA) is 56.1 Å². The van der Waals surface area contributed by atoms with Crippen molar-refractivity contribution in [2.75, 3.05) is 18.4 Å². The number of nitrogens with one attached hydrogen (secondary N) is 1. The first-order valence-corrected chi connectivity index (χ1v) is 9.91. The second-order valence-electron chi connectivity index (χ2n) is 7.20. The SMILES string of the molecule is Cc1ccc(N/C=C(/C#N)C(=O)N2CCC(Cc3ccccc3)CC2)cc1Cl. The van der Waals surface area contributed by atoms with E-state index in [9.17, 15) is 10.1 Å². The number of nitriles is 1. The van der Waals surface area contributed by atoms with Gasteiger partial charge in [0.25, 0.3) is 5.91 Å². The van der Waals surface area contributed by atoms with Crippen LogP contribution in [0.2, 0.25) is 5.02 Å². The fraction of sp³-hybridized carbons (Fsp3) is 0.304. The predicted molar refractivity (Wildman–Crippen MR) is 113 cm³/mol. The summed E-state index contributed by atoms with van der Waals surface area (Å²) >= 11 is 6.12. The number of nitrogens with zero attached hydrogens (tertiary/aromatic N) is 2. The van der Waals surface area contributed by atoms with Gasteiger partial charge in [0.05, 0.1) is 0 Å². The van der Waals surface area contributed by atoms with Crippen LogP contribution in [0.1, 0.15) is 24.0 Å². The fourth-order valence-corrected chi connectivity index (χ4v) is 3.62. The van der Waals surface area contributed by atoms with E-state index in [1.165, 1.54) is 11.8 Å². The van der Waals surface area contributed by atoms with Crippen LogP contribution in [0.5, 0.6) is 0 Å². The van der Waals surface area contributed by atoms with Crippen LogP contribution in [-0.2, 0) is 11.2 Å². The molecule has 2 aromatic rings. The Balaban J connectivity index is 1.56. The van der Waals surface area contributed by atoms with Crippen LogP contribution in [0, 0.1) is 24.2 Å². The second kappa shape index (κ2) is 9.43. The van der Waals surface area contributed by atoms with Gasteiger partial charge >= 0.3 is 0 Å². The predicted octanol–water partition coefficient (Wildman–Crippen LogP) is 4.95. The number of carbonyl (C=O) groups is 1. The molecular weight excluding hydrogens is 370 g/mol. The summed E-state index contributed by atoms with van der Waals surface area (Å²) in [5.74, 6) is 0.361. The van der Waals surface area contributed by atoms with Crippen LogP contribution in [0.25, 0.3) is 0 Å². The quantitative estimate of drug-likeness (QED) is 0.577. The Morgan fingerprint density at radius 1 is 1.25 bits per heavy atom. The molecule has 0 spiro atoms. The van der Waals surface area contributed by atoms with Gasteiger partial charge < -0.3 is 10.2 Å². The van der Waals surface area contributed by atoms with E-state index in [2.05, 4.69) is 29.6 Å². The molecule has 0 unspecified atom stereocenters. The van der Waals surface area contributed by atoms with E-state index in [-0.39, 0.29) is 11.5 Å². The summed E-state index contributed by atoms with van der Waals surface area (Å²) in [5, 5.41) is 13.1. The van der Waals surface area contributed by atoms with Gasteiger partial charge in [0.1, 0.15) is 11.6 Å². The minimum absolute atomic E-state index is 0.109. The van der Waals surface area contributed by atoms with Gasteiger partial charge in [0, 0.05) is 30.0 Å². The van der Waals surface area contributed by atoms with E-state index in [4.69, 9.17) is 11.6 Å². The Hall–Kier alpha value is -2.77. The number of aryl methyl sites for hydroxylation is 1. The highest BCUT2D eigenvalue weighted by Gasteiger charge is 2.25. The molecule has 1 saturated heterocycles. The van der Waals surface area contributed by atoms with Crippen molar-refractivity contribution >= 4 is 23.2 Å². The summed E-state index contributed by atoms with van der Waals surface area (Å²) in [6.07, 6.45) is 4.43. The monoisotopic (exact) mass is 393 g/mol. The van der Waals surface area contributed by atoms with Gasteiger partial charge in [-0.25, -0.2) is 0 Å². The lowest BCUT2D eigenvalue weighted by molar-refractivity contribution is -0.128. The first-order valence-electron chi connectivity index (χ1n) is 9.53. The number of piperidine rings is 1. The third-order valence-electron chi connectivity index (χ3n) is 5.17. The van der Waals surface area contributed by atoms with Gasteiger partial charge in [-0.3, -0.25) is 4.79 Å². The molecule has 2 aromatic carbocycles. The maximum Gasteiger partial charge on any atom is 0.266 e. The van der Waals surface area contributed by atoms with Gasteiger partial charge in [-0.1, -0.05) is 48.0 Å². The fourth-order valence-electron chi connectivity index (χ4n) is 3.44. The number of hydrogen-bond donors (Lipinski definition) is 1. The first-order chi connectivity index (χ1) is 13.6. The summed E-state index contributed by atoms with van der Waals surface area (Å²) in [4.78, 5) is 14.5. The number of rotatable bonds is 5. The zero-order valence-corrected chi connectivity index (χ0v) is 16.7. The maximum absolute atomic E-state index is 12.7. The highest BCUT2D eigenvalue weighted by molar-refractivity contribution is 6.31. The van der Waals surface area contributed by atoms with E-state index in [1.807, 2.05) is 31.2 Å². The molecule has 0 radical (unpaired) electrons. The van der Waals surface area contributed by atoms with Crippen molar-refractivity contribution in [2.45, 2.75) is 26.2 Å². The Morgan fingerprint density at radius 3 is 2.61 bits per heavy atom. The molecule has 1 aliphatic rings. The largest absolute Gasteiger partial charge is 0.360 e. The summed E-state index contributed by atoms with van der Waals surface area (Å²) in [7, 11) is 0. The molecule has 1 aliphatic heterocycles. The summed E-state index contributed by atoms with van der Waals surface area (Å²) < 4.78 is 0. The minimum atomic E-state index is -0.216. The average molecular weight is 394 g/mol. The van der Waals surface area contributed by atoms with E-state index in [1.54, 1.807) is 11.0 Å². The molecule has 1 fully saturated rings. The van der Waals surface area contributed by atoms with Crippen molar-refractivity contribution in [1.29, 1.82) is 5.26 Å². The van der Waals surface area contributed by atoms with Crippen molar-refractivity contribution in [3.05, 3.63) is 76.5 Å². The molecule has 0 bridgehead atoms. The van der Waals surface area contributed by atoms with Crippen LogP contribution in [-0.4, -0.2) is 23.9 Å². The Labute approximate surface area is 171 Å². The third kappa shape index (κ3) is 5.15. The molecule has 1 amide bonds. The van der Waals surface area contributed by atoms with Crippen molar-refractivity contribution < 1.29 is 4.79 Å². The van der Waals surface area contributed by atoms with Gasteiger partial charge in [0.15, 0.2) is 0 Å². The number of carbonyl (C=O) groups excluding carboxylic acids is 1. The number of amides is 1. The molecule has 28 heavy (non-hydrogen) atoms. The summed E-state index contributed by atoms with van der Waals surface area (Å²) in [5.41, 5.74) is 3.17. The molecular formula is C23H24ClN3O. The highest BCUT2D eigenvalue weighted by atomic mass is 35.5. The molecule has 5 heteroatoms. The summed E-state index contributed by atoms with van der Waals surface area (Å²) in [6, 6.07) is 18.0. The Bertz CT molecular complexity index is 894. The lowest BCUT2D eigenvalue weighted by Gasteiger charge is -2.32. The Kier molecular flexibility index (Phi) is 6.73. The molecule has 1 heterocycles. The average Bonchev–Trinajstić information content (AvgIpc) is 2.72. The van der Waals surface area contributed by atoms with E-state index in [0.717, 1.165) is 30.5 Å². The van der Waals surface area contributed by atoms with Crippen molar-refractivity contribution in [3.63, 3.8) is 0 Å². The molecule has 1 N–H and O–H groups in total. The number of halogens is 1. The van der Waals surface area contributed by atoms with E-state index >= 15 is 0 Å².